The third-order valence-electron chi connectivity index (χ3n) is 1.86. The fourth-order valence-electron chi connectivity index (χ4n) is 1.25. The summed E-state index contributed by atoms with van der Waals surface area (Å²) in [6.45, 7) is 1.90. The molecule has 12 heavy (non-hydrogen) atoms. The summed E-state index contributed by atoms with van der Waals surface area (Å²) >= 11 is 5.80. The minimum absolute atomic E-state index is 0.517. The predicted molar refractivity (Wildman–Crippen MR) is 48.3 cm³/mol. The minimum Gasteiger partial charge on any atom is -0.334 e. The molecule has 0 aliphatic carbocycles. The van der Waals surface area contributed by atoms with Crippen molar-refractivity contribution in [2.75, 3.05) is 0 Å². The van der Waals surface area contributed by atoms with Gasteiger partial charge in [0.1, 0.15) is 10.7 Å². The number of fused-ring (bicyclic) bond motifs is 1. The highest BCUT2D eigenvalue weighted by atomic mass is 35.5. The standard InChI is InChI=1S/C8H8ClN3/c1-5-8-6(3-7(9)11-5)12(2)4-10-8/h3-4H,1-2H3. The zero-order valence-electron chi connectivity index (χ0n) is 6.87. The fraction of sp³-hybridized carbons (Fsp3) is 0.250. The number of imidazole rings is 1. The van der Waals surface area contributed by atoms with Gasteiger partial charge in [-0.3, -0.25) is 0 Å². The monoisotopic (exact) mass is 181 g/mol. The van der Waals surface area contributed by atoms with Crippen molar-refractivity contribution in [3.05, 3.63) is 23.2 Å². The van der Waals surface area contributed by atoms with Crippen LogP contribution in [-0.2, 0) is 7.05 Å². The van der Waals surface area contributed by atoms with Crippen LogP contribution in [0.5, 0.6) is 0 Å². The van der Waals surface area contributed by atoms with Gasteiger partial charge in [-0.25, -0.2) is 9.97 Å². The molecule has 4 heteroatoms. The van der Waals surface area contributed by atoms with Crippen LogP contribution >= 0.6 is 11.6 Å². The van der Waals surface area contributed by atoms with Crippen LogP contribution in [0.4, 0.5) is 0 Å². The molecule has 2 heterocycles. The van der Waals surface area contributed by atoms with Crippen LogP contribution in [0, 0.1) is 6.92 Å². The molecule has 0 radical (unpaired) electrons. The average molecular weight is 182 g/mol. The number of pyridine rings is 1. The van der Waals surface area contributed by atoms with Crippen molar-refractivity contribution in [2.24, 2.45) is 7.05 Å². The van der Waals surface area contributed by atoms with E-state index >= 15 is 0 Å². The lowest BCUT2D eigenvalue weighted by Crippen LogP contribution is -1.87. The van der Waals surface area contributed by atoms with E-state index in [2.05, 4.69) is 9.97 Å². The third kappa shape index (κ3) is 0.975. The number of aromatic nitrogens is 3. The van der Waals surface area contributed by atoms with E-state index in [4.69, 9.17) is 11.6 Å². The topological polar surface area (TPSA) is 30.7 Å². The maximum atomic E-state index is 5.80. The second-order valence-corrected chi connectivity index (χ2v) is 3.14. The number of rotatable bonds is 0. The number of hydrogen-bond acceptors (Lipinski definition) is 2. The molecular formula is C8H8ClN3. The summed E-state index contributed by atoms with van der Waals surface area (Å²) in [5.74, 6) is 0. The van der Waals surface area contributed by atoms with Gasteiger partial charge in [-0.15, -0.1) is 0 Å². The van der Waals surface area contributed by atoms with Crippen LogP contribution in [0.2, 0.25) is 5.15 Å². The number of aryl methyl sites for hydroxylation is 2. The summed E-state index contributed by atoms with van der Waals surface area (Å²) in [7, 11) is 1.94. The Morgan fingerprint density at radius 1 is 1.50 bits per heavy atom. The van der Waals surface area contributed by atoms with Crippen molar-refractivity contribution < 1.29 is 0 Å². The maximum absolute atomic E-state index is 5.80. The average Bonchev–Trinajstić information content (AvgIpc) is 2.33. The molecule has 0 amide bonds. The molecule has 0 aliphatic rings. The summed E-state index contributed by atoms with van der Waals surface area (Å²) < 4.78 is 1.93. The Morgan fingerprint density at radius 2 is 2.25 bits per heavy atom. The van der Waals surface area contributed by atoms with E-state index in [1.165, 1.54) is 0 Å². The van der Waals surface area contributed by atoms with Crippen molar-refractivity contribution in [1.82, 2.24) is 14.5 Å². The first-order chi connectivity index (χ1) is 5.68. The van der Waals surface area contributed by atoms with Crippen molar-refractivity contribution in [3.8, 4) is 0 Å². The molecule has 0 unspecified atom stereocenters. The molecule has 0 aromatic carbocycles. The number of nitrogens with zero attached hydrogens (tertiary/aromatic N) is 3. The molecule has 0 bridgehead atoms. The van der Waals surface area contributed by atoms with Crippen molar-refractivity contribution >= 4 is 22.6 Å². The van der Waals surface area contributed by atoms with Gasteiger partial charge >= 0.3 is 0 Å². The highest BCUT2D eigenvalue weighted by Gasteiger charge is 2.04. The molecule has 2 rings (SSSR count). The molecule has 2 aromatic heterocycles. The SMILES string of the molecule is Cc1nc(Cl)cc2c1ncn2C. The number of hydrogen-bond donors (Lipinski definition) is 0. The molecule has 0 saturated heterocycles. The molecule has 0 saturated carbocycles. The molecule has 0 fully saturated rings. The van der Waals surface area contributed by atoms with E-state index in [1.807, 2.05) is 24.6 Å². The van der Waals surface area contributed by atoms with Gasteiger partial charge in [0.25, 0.3) is 0 Å². The Hall–Kier alpha value is -1.09. The van der Waals surface area contributed by atoms with E-state index in [1.54, 1.807) is 6.33 Å². The van der Waals surface area contributed by atoms with E-state index in [9.17, 15) is 0 Å². The summed E-state index contributed by atoms with van der Waals surface area (Å²) in [6.07, 6.45) is 1.76. The first kappa shape index (κ1) is 7.55. The van der Waals surface area contributed by atoms with Gasteiger partial charge in [0, 0.05) is 13.1 Å². The lowest BCUT2D eigenvalue weighted by atomic mass is 10.3. The van der Waals surface area contributed by atoms with Crippen LogP contribution in [0.15, 0.2) is 12.4 Å². The normalized spacial score (nSPS) is 10.9. The molecule has 0 aliphatic heterocycles. The van der Waals surface area contributed by atoms with Gasteiger partial charge < -0.3 is 4.57 Å². The summed E-state index contributed by atoms with van der Waals surface area (Å²) in [4.78, 5) is 8.31. The molecule has 2 aromatic rings. The Balaban J connectivity index is 2.92. The van der Waals surface area contributed by atoms with Crippen molar-refractivity contribution in [1.29, 1.82) is 0 Å². The lowest BCUT2D eigenvalue weighted by molar-refractivity contribution is 0.947. The van der Waals surface area contributed by atoms with Crippen LogP contribution in [0.25, 0.3) is 11.0 Å². The highest BCUT2D eigenvalue weighted by molar-refractivity contribution is 6.30. The maximum Gasteiger partial charge on any atom is 0.131 e. The van der Waals surface area contributed by atoms with Crippen molar-refractivity contribution in [2.45, 2.75) is 6.92 Å². The van der Waals surface area contributed by atoms with Gasteiger partial charge in [0.05, 0.1) is 17.5 Å². The molecule has 0 atom stereocenters. The van der Waals surface area contributed by atoms with Crippen LogP contribution < -0.4 is 0 Å². The van der Waals surface area contributed by atoms with E-state index in [-0.39, 0.29) is 0 Å². The molecule has 62 valence electrons. The largest absolute Gasteiger partial charge is 0.334 e. The Morgan fingerprint density at radius 3 is 3.00 bits per heavy atom. The first-order valence-corrected chi connectivity index (χ1v) is 4.00. The van der Waals surface area contributed by atoms with Crippen LogP contribution in [-0.4, -0.2) is 14.5 Å². The zero-order chi connectivity index (χ0) is 8.72. The predicted octanol–water partition coefficient (Wildman–Crippen LogP) is 1.93. The number of halogens is 1. The highest BCUT2D eigenvalue weighted by Crippen LogP contribution is 2.18. The van der Waals surface area contributed by atoms with Crippen LogP contribution in [0.1, 0.15) is 5.69 Å². The fourth-order valence-corrected chi connectivity index (χ4v) is 1.48. The second kappa shape index (κ2) is 2.45. The summed E-state index contributed by atoms with van der Waals surface area (Å²) in [5, 5.41) is 0.517. The Labute approximate surface area is 75.0 Å². The molecule has 0 N–H and O–H groups in total. The van der Waals surface area contributed by atoms with Gasteiger partial charge in [0.2, 0.25) is 0 Å². The quantitative estimate of drug-likeness (QED) is 0.582. The molecule has 3 nitrogen and oxygen atoms in total. The van der Waals surface area contributed by atoms with Gasteiger partial charge in [-0.05, 0) is 6.92 Å². The van der Waals surface area contributed by atoms with E-state index in [0.29, 0.717) is 5.15 Å². The van der Waals surface area contributed by atoms with Gasteiger partial charge in [0.15, 0.2) is 0 Å². The summed E-state index contributed by atoms with van der Waals surface area (Å²) in [6, 6.07) is 1.82. The van der Waals surface area contributed by atoms with Crippen LogP contribution in [0.3, 0.4) is 0 Å². The minimum atomic E-state index is 0.517. The third-order valence-corrected chi connectivity index (χ3v) is 2.05. The van der Waals surface area contributed by atoms with E-state index < -0.39 is 0 Å². The lowest BCUT2D eigenvalue weighted by Gasteiger charge is -1.97. The molecule has 0 spiro atoms. The second-order valence-electron chi connectivity index (χ2n) is 2.75. The molecular weight excluding hydrogens is 174 g/mol. The summed E-state index contributed by atoms with van der Waals surface area (Å²) in [5.41, 5.74) is 2.81. The first-order valence-electron chi connectivity index (χ1n) is 3.62. The van der Waals surface area contributed by atoms with Gasteiger partial charge in [-0.1, -0.05) is 11.6 Å². The zero-order valence-corrected chi connectivity index (χ0v) is 7.63. The Kier molecular flexibility index (Phi) is 1.54. The van der Waals surface area contributed by atoms with Crippen molar-refractivity contribution in [3.63, 3.8) is 0 Å². The van der Waals surface area contributed by atoms with E-state index in [0.717, 1.165) is 16.7 Å². The Bertz CT molecular complexity index is 433. The van der Waals surface area contributed by atoms with Gasteiger partial charge in [-0.2, -0.15) is 0 Å². The smallest absolute Gasteiger partial charge is 0.131 e.